The summed E-state index contributed by atoms with van der Waals surface area (Å²) in [5, 5.41) is 28.7. The summed E-state index contributed by atoms with van der Waals surface area (Å²) in [7, 11) is 0. The average molecular weight is 600 g/mol. The Morgan fingerprint density at radius 3 is 2.65 bits per heavy atom. The summed E-state index contributed by atoms with van der Waals surface area (Å²) in [4.78, 5) is 23.2. The van der Waals surface area contributed by atoms with Gasteiger partial charge in [-0.2, -0.15) is 5.10 Å². The lowest BCUT2D eigenvalue weighted by atomic mass is 10.2. The first-order valence-electron chi connectivity index (χ1n) is 13.8. The second-order valence-electron chi connectivity index (χ2n) is 9.90. The highest BCUT2D eigenvalue weighted by molar-refractivity contribution is 5.96. The molecule has 0 aliphatic rings. The van der Waals surface area contributed by atoms with Crippen molar-refractivity contribution in [3.05, 3.63) is 60.7 Å². The summed E-state index contributed by atoms with van der Waals surface area (Å²) in [5.74, 6) is -1.25. The highest BCUT2D eigenvalue weighted by Gasteiger charge is 2.16. The van der Waals surface area contributed by atoms with Crippen LogP contribution in [0.3, 0.4) is 0 Å². The number of anilines is 3. The Hall–Kier alpha value is -4.40. The van der Waals surface area contributed by atoms with Crippen LogP contribution in [-0.4, -0.2) is 86.3 Å². The number of hydrogen-bond donors (Lipinski definition) is 4. The molecule has 12 nitrogen and oxygen atoms in total. The number of halogens is 2. The molecule has 0 unspecified atom stereocenters. The molecule has 0 fully saturated rings. The van der Waals surface area contributed by atoms with E-state index in [4.69, 9.17) is 9.47 Å². The quantitative estimate of drug-likeness (QED) is 0.141. The van der Waals surface area contributed by atoms with E-state index in [0.717, 1.165) is 6.07 Å². The number of carbonyl (C=O) groups excluding carboxylic acids is 1. The summed E-state index contributed by atoms with van der Waals surface area (Å²) >= 11 is 0. The molecule has 0 aliphatic carbocycles. The number of hydrogen-bond acceptors (Lipinski definition) is 10. The summed E-state index contributed by atoms with van der Waals surface area (Å²) in [6.07, 6.45) is 5.02. The monoisotopic (exact) mass is 599 g/mol. The standard InChI is InChI=1S/C29H35F2N7O5/c1-19(2)43-25-14-21(42-12-4-7-37(8-10-39)9-11-40)13-24-27(25)29(33-18-32-24)35-20-15-34-38(16-20)17-26(41)36-23-6-3-5-22(30)28(23)31/h3,5-6,13-16,18-19,39-40H,4,7-12,17H2,1-2H3,(H,36,41)(H,32,33,35). The fraction of sp³-hybridized carbons (Fsp3) is 0.379. The second kappa shape index (κ2) is 15.2. The number of benzene rings is 2. The molecule has 43 heavy (non-hydrogen) atoms. The minimum atomic E-state index is -1.13. The van der Waals surface area contributed by atoms with Crippen LogP contribution in [-0.2, 0) is 11.3 Å². The van der Waals surface area contributed by atoms with E-state index in [-0.39, 0.29) is 31.5 Å². The molecular formula is C29H35F2N7O5. The van der Waals surface area contributed by atoms with Crippen LogP contribution < -0.4 is 20.1 Å². The molecule has 1 amide bonds. The van der Waals surface area contributed by atoms with Gasteiger partial charge in [0.25, 0.3) is 0 Å². The zero-order valence-electron chi connectivity index (χ0n) is 24.0. The van der Waals surface area contributed by atoms with Crippen LogP contribution in [0.5, 0.6) is 11.5 Å². The Morgan fingerprint density at radius 2 is 1.91 bits per heavy atom. The minimum absolute atomic E-state index is 0.0193. The van der Waals surface area contributed by atoms with E-state index >= 15 is 0 Å². The van der Waals surface area contributed by atoms with Gasteiger partial charge in [0.2, 0.25) is 5.91 Å². The average Bonchev–Trinajstić information content (AvgIpc) is 3.39. The SMILES string of the molecule is CC(C)Oc1cc(OCCCN(CCO)CCO)cc2ncnc(Nc3cnn(CC(=O)Nc4cccc(F)c4F)c3)c12. The number of nitrogens with zero attached hydrogens (tertiary/aromatic N) is 5. The summed E-state index contributed by atoms with van der Waals surface area (Å²) in [6.45, 7) is 5.65. The van der Waals surface area contributed by atoms with Crippen LogP contribution in [0.15, 0.2) is 49.1 Å². The Kier molecular flexibility index (Phi) is 11.1. The van der Waals surface area contributed by atoms with E-state index in [0.29, 0.717) is 66.6 Å². The zero-order valence-corrected chi connectivity index (χ0v) is 24.0. The maximum atomic E-state index is 13.9. The molecule has 4 N–H and O–H groups in total. The van der Waals surface area contributed by atoms with Crippen molar-refractivity contribution in [2.45, 2.75) is 32.9 Å². The van der Waals surface area contributed by atoms with Gasteiger partial charge < -0.3 is 30.3 Å². The van der Waals surface area contributed by atoms with E-state index in [2.05, 4.69) is 25.7 Å². The van der Waals surface area contributed by atoms with Crippen molar-refractivity contribution >= 4 is 34.0 Å². The fourth-order valence-electron chi connectivity index (χ4n) is 4.34. The van der Waals surface area contributed by atoms with Gasteiger partial charge in [0.1, 0.15) is 30.2 Å². The van der Waals surface area contributed by atoms with Crippen molar-refractivity contribution in [2.75, 3.05) is 50.1 Å². The third-order valence-electron chi connectivity index (χ3n) is 6.19. The molecule has 0 aliphatic heterocycles. The first-order chi connectivity index (χ1) is 20.8. The van der Waals surface area contributed by atoms with Crippen molar-refractivity contribution in [3.63, 3.8) is 0 Å². The molecule has 2 heterocycles. The lowest BCUT2D eigenvalue weighted by Crippen LogP contribution is -2.31. The molecule has 2 aromatic heterocycles. The normalized spacial score (nSPS) is 11.3. The van der Waals surface area contributed by atoms with Gasteiger partial charge in [0.15, 0.2) is 11.6 Å². The van der Waals surface area contributed by atoms with Crippen LogP contribution in [0.2, 0.25) is 0 Å². The molecule has 0 saturated heterocycles. The molecule has 4 rings (SSSR count). The van der Waals surface area contributed by atoms with Crippen molar-refractivity contribution < 1.29 is 33.3 Å². The number of amides is 1. The zero-order chi connectivity index (χ0) is 30.8. The molecule has 0 spiro atoms. The lowest BCUT2D eigenvalue weighted by molar-refractivity contribution is -0.116. The van der Waals surface area contributed by atoms with Crippen molar-refractivity contribution in [2.24, 2.45) is 0 Å². The largest absolute Gasteiger partial charge is 0.493 e. The number of carbonyl (C=O) groups is 1. The van der Waals surface area contributed by atoms with Gasteiger partial charge in [-0.1, -0.05) is 6.07 Å². The van der Waals surface area contributed by atoms with Gasteiger partial charge in [0, 0.05) is 38.0 Å². The van der Waals surface area contributed by atoms with Crippen LogP contribution in [0.4, 0.5) is 26.0 Å². The van der Waals surface area contributed by atoms with Crippen LogP contribution in [0.1, 0.15) is 20.3 Å². The number of nitrogens with one attached hydrogen (secondary N) is 2. The van der Waals surface area contributed by atoms with Gasteiger partial charge >= 0.3 is 0 Å². The minimum Gasteiger partial charge on any atom is -0.493 e. The molecule has 0 atom stereocenters. The number of aliphatic hydroxyl groups excluding tert-OH is 2. The van der Waals surface area contributed by atoms with Crippen LogP contribution in [0.25, 0.3) is 10.9 Å². The van der Waals surface area contributed by atoms with Crippen LogP contribution >= 0.6 is 0 Å². The van der Waals surface area contributed by atoms with Gasteiger partial charge in [0.05, 0.1) is 54.4 Å². The number of aliphatic hydroxyl groups is 2. The first kappa shape index (κ1) is 31.5. The highest BCUT2D eigenvalue weighted by Crippen LogP contribution is 2.36. The Balaban J connectivity index is 1.46. The molecule has 0 radical (unpaired) electrons. The van der Waals surface area contributed by atoms with Crippen LogP contribution in [0, 0.1) is 11.6 Å². The summed E-state index contributed by atoms with van der Waals surface area (Å²) in [6, 6.07) is 7.10. The van der Waals surface area contributed by atoms with E-state index in [1.54, 1.807) is 18.3 Å². The highest BCUT2D eigenvalue weighted by atomic mass is 19.2. The fourth-order valence-corrected chi connectivity index (χ4v) is 4.34. The number of fused-ring (bicyclic) bond motifs is 1. The Bertz CT molecular complexity index is 1510. The van der Waals surface area contributed by atoms with Gasteiger partial charge in [-0.05, 0) is 32.4 Å². The lowest BCUT2D eigenvalue weighted by Gasteiger charge is -2.20. The molecule has 14 heteroatoms. The number of aromatic nitrogens is 4. The van der Waals surface area contributed by atoms with Crippen molar-refractivity contribution in [1.29, 1.82) is 0 Å². The Labute approximate surface area is 247 Å². The predicted molar refractivity (Wildman–Crippen MR) is 157 cm³/mol. The summed E-state index contributed by atoms with van der Waals surface area (Å²) in [5.41, 5.74) is 0.849. The smallest absolute Gasteiger partial charge is 0.246 e. The van der Waals surface area contributed by atoms with Gasteiger partial charge in [-0.25, -0.2) is 18.7 Å². The predicted octanol–water partition coefficient (Wildman–Crippen LogP) is 3.33. The van der Waals surface area contributed by atoms with Crippen molar-refractivity contribution in [1.82, 2.24) is 24.6 Å². The van der Waals surface area contributed by atoms with Crippen molar-refractivity contribution in [3.8, 4) is 11.5 Å². The topological polar surface area (TPSA) is 147 Å². The van der Waals surface area contributed by atoms with Gasteiger partial charge in [-0.3, -0.25) is 14.4 Å². The van der Waals surface area contributed by atoms with E-state index in [1.165, 1.54) is 29.3 Å². The maximum absolute atomic E-state index is 13.9. The maximum Gasteiger partial charge on any atom is 0.246 e. The second-order valence-corrected chi connectivity index (χ2v) is 9.90. The van der Waals surface area contributed by atoms with Gasteiger partial charge in [-0.15, -0.1) is 0 Å². The molecule has 230 valence electrons. The molecular weight excluding hydrogens is 564 g/mol. The first-order valence-corrected chi connectivity index (χ1v) is 13.8. The number of ether oxygens (including phenoxy) is 2. The molecule has 0 bridgehead atoms. The van der Waals surface area contributed by atoms with E-state index < -0.39 is 17.5 Å². The summed E-state index contributed by atoms with van der Waals surface area (Å²) < 4.78 is 40.8. The Morgan fingerprint density at radius 1 is 1.12 bits per heavy atom. The van der Waals surface area contributed by atoms with E-state index in [1.807, 2.05) is 18.7 Å². The third-order valence-corrected chi connectivity index (χ3v) is 6.19. The van der Waals surface area contributed by atoms with E-state index in [9.17, 15) is 23.8 Å². The molecule has 0 saturated carbocycles. The number of rotatable bonds is 16. The molecule has 2 aromatic carbocycles. The third kappa shape index (κ3) is 8.80. The molecule has 4 aromatic rings.